The van der Waals surface area contributed by atoms with Crippen molar-refractivity contribution < 1.29 is 15.0 Å². The van der Waals surface area contributed by atoms with Crippen molar-refractivity contribution in [3.8, 4) is 0 Å². The van der Waals surface area contributed by atoms with Gasteiger partial charge in [-0.3, -0.25) is 4.79 Å². The summed E-state index contributed by atoms with van der Waals surface area (Å²) < 4.78 is 0. The Morgan fingerprint density at radius 1 is 1.41 bits per heavy atom. The summed E-state index contributed by atoms with van der Waals surface area (Å²) >= 11 is 5.53. The Hall–Kier alpha value is -1.10. The normalized spacial score (nSPS) is 17.5. The van der Waals surface area contributed by atoms with E-state index < -0.39 is 12.2 Å². The molecule has 2 atom stereocenters. The number of aliphatic hydroxyl groups excluding tert-OH is 2. The number of anilines is 1. The highest BCUT2D eigenvalue weighted by molar-refractivity contribution is 6.17. The third-order valence-electron chi connectivity index (χ3n) is 2.89. The lowest BCUT2D eigenvalue weighted by Gasteiger charge is -2.19. The maximum absolute atomic E-state index is 11.3. The zero-order valence-corrected chi connectivity index (χ0v) is 9.94. The predicted molar refractivity (Wildman–Crippen MR) is 65.1 cm³/mol. The van der Waals surface area contributed by atoms with Gasteiger partial charge in [0, 0.05) is 11.4 Å². The highest BCUT2D eigenvalue weighted by atomic mass is 35.5. The molecule has 1 aromatic carbocycles. The number of nitrogens with one attached hydrogen (secondary N) is 1. The van der Waals surface area contributed by atoms with Gasteiger partial charge in [0.15, 0.2) is 0 Å². The van der Waals surface area contributed by atoms with E-state index in [1.807, 2.05) is 6.07 Å². The Kier molecular flexibility index (Phi) is 3.66. The Balaban J connectivity index is 2.28. The summed E-state index contributed by atoms with van der Waals surface area (Å²) in [7, 11) is 0. The molecular weight excluding hydrogens is 242 g/mol. The average molecular weight is 256 g/mol. The molecular formula is C12H14ClNO3. The lowest BCUT2D eigenvalue weighted by molar-refractivity contribution is -0.115. The van der Waals surface area contributed by atoms with E-state index in [1.54, 1.807) is 12.1 Å². The van der Waals surface area contributed by atoms with E-state index in [0.29, 0.717) is 24.1 Å². The van der Waals surface area contributed by atoms with Gasteiger partial charge in [0.25, 0.3) is 0 Å². The van der Waals surface area contributed by atoms with Crippen molar-refractivity contribution in [1.82, 2.24) is 0 Å². The van der Waals surface area contributed by atoms with Gasteiger partial charge in [0.05, 0.1) is 18.2 Å². The van der Waals surface area contributed by atoms with Crippen molar-refractivity contribution >= 4 is 23.2 Å². The number of fused-ring (bicyclic) bond motifs is 1. The molecule has 92 valence electrons. The molecule has 1 aliphatic rings. The molecule has 0 saturated heterocycles. The quantitative estimate of drug-likeness (QED) is 0.708. The molecule has 0 aliphatic carbocycles. The van der Waals surface area contributed by atoms with Crippen LogP contribution >= 0.6 is 11.6 Å². The molecule has 2 rings (SSSR count). The number of alkyl halides is 1. The van der Waals surface area contributed by atoms with Crippen LogP contribution in [-0.2, 0) is 11.2 Å². The minimum absolute atomic E-state index is 0.0912. The van der Waals surface area contributed by atoms with Crippen LogP contribution in [-0.4, -0.2) is 28.1 Å². The molecule has 0 bridgehead atoms. The van der Waals surface area contributed by atoms with E-state index in [1.165, 1.54) is 0 Å². The molecule has 1 aromatic rings. The molecule has 0 fully saturated rings. The van der Waals surface area contributed by atoms with E-state index in [0.717, 1.165) is 5.56 Å². The fourth-order valence-corrected chi connectivity index (χ4v) is 2.22. The van der Waals surface area contributed by atoms with Gasteiger partial charge in [-0.25, -0.2) is 0 Å². The van der Waals surface area contributed by atoms with Crippen LogP contribution in [0, 0.1) is 0 Å². The highest BCUT2D eigenvalue weighted by Gasteiger charge is 2.26. The summed E-state index contributed by atoms with van der Waals surface area (Å²) in [5.74, 6) is 0.186. The van der Waals surface area contributed by atoms with Crippen molar-refractivity contribution in [1.29, 1.82) is 0 Å². The van der Waals surface area contributed by atoms with Crippen molar-refractivity contribution in [2.45, 2.75) is 25.0 Å². The Morgan fingerprint density at radius 3 is 2.88 bits per heavy atom. The zero-order chi connectivity index (χ0) is 12.4. The van der Waals surface area contributed by atoms with Crippen LogP contribution in [0.3, 0.4) is 0 Å². The molecule has 0 aromatic heterocycles. The third-order valence-corrected chi connectivity index (χ3v) is 3.10. The van der Waals surface area contributed by atoms with Crippen molar-refractivity contribution in [3.63, 3.8) is 0 Å². The van der Waals surface area contributed by atoms with Crippen LogP contribution in [0.4, 0.5) is 5.69 Å². The largest absolute Gasteiger partial charge is 0.390 e. The first-order valence-corrected chi connectivity index (χ1v) is 6.00. The highest BCUT2D eigenvalue weighted by Crippen LogP contribution is 2.33. The molecule has 2 unspecified atom stereocenters. The molecule has 1 aliphatic heterocycles. The van der Waals surface area contributed by atoms with Crippen LogP contribution in [0.2, 0.25) is 0 Å². The number of para-hydroxylation sites is 1. The molecule has 3 N–H and O–H groups in total. The van der Waals surface area contributed by atoms with Gasteiger partial charge in [0.2, 0.25) is 5.91 Å². The molecule has 0 radical (unpaired) electrons. The molecule has 1 amide bonds. The smallest absolute Gasteiger partial charge is 0.228 e. The van der Waals surface area contributed by atoms with E-state index in [-0.39, 0.29) is 11.8 Å². The first-order chi connectivity index (χ1) is 8.13. The van der Waals surface area contributed by atoms with Gasteiger partial charge in [-0.2, -0.15) is 0 Å². The number of amides is 1. The Morgan fingerprint density at radius 2 is 2.18 bits per heavy atom. The monoisotopic (exact) mass is 255 g/mol. The summed E-state index contributed by atoms with van der Waals surface area (Å²) in [6.07, 6.45) is -1.32. The van der Waals surface area contributed by atoms with E-state index in [4.69, 9.17) is 11.6 Å². The van der Waals surface area contributed by atoms with Crippen LogP contribution in [0.15, 0.2) is 18.2 Å². The average Bonchev–Trinajstić information content (AvgIpc) is 2.68. The molecule has 4 nitrogen and oxygen atoms in total. The van der Waals surface area contributed by atoms with Crippen molar-refractivity contribution in [3.05, 3.63) is 29.3 Å². The predicted octanol–water partition coefficient (Wildman–Crippen LogP) is 1.20. The standard InChI is InChI=1S/C12H14ClNO3/c13-5-4-9(15)12(17)8-3-1-2-7-6-10(16)14-11(7)8/h1-3,9,12,15,17H,4-6H2,(H,14,16). The number of hydrogen-bond acceptors (Lipinski definition) is 3. The van der Waals surface area contributed by atoms with E-state index in [2.05, 4.69) is 5.32 Å². The second kappa shape index (κ2) is 5.04. The summed E-state index contributed by atoms with van der Waals surface area (Å²) in [6, 6.07) is 5.30. The maximum Gasteiger partial charge on any atom is 0.228 e. The molecule has 0 spiro atoms. The van der Waals surface area contributed by atoms with E-state index >= 15 is 0 Å². The fourth-order valence-electron chi connectivity index (χ4n) is 2.00. The first kappa shape index (κ1) is 12.4. The Labute approximate surface area is 104 Å². The number of carbonyl (C=O) groups is 1. The second-order valence-electron chi connectivity index (χ2n) is 4.10. The SMILES string of the molecule is O=C1Cc2cccc(C(O)C(O)CCCl)c2N1. The van der Waals surface area contributed by atoms with Crippen LogP contribution in [0.5, 0.6) is 0 Å². The van der Waals surface area contributed by atoms with Crippen LogP contribution in [0.25, 0.3) is 0 Å². The van der Waals surface area contributed by atoms with Gasteiger partial charge in [0.1, 0.15) is 6.10 Å². The number of aliphatic hydroxyl groups is 2. The maximum atomic E-state index is 11.3. The van der Waals surface area contributed by atoms with Gasteiger partial charge in [-0.1, -0.05) is 18.2 Å². The van der Waals surface area contributed by atoms with Gasteiger partial charge >= 0.3 is 0 Å². The number of rotatable bonds is 4. The number of carbonyl (C=O) groups excluding carboxylic acids is 1. The topological polar surface area (TPSA) is 69.6 Å². The molecule has 17 heavy (non-hydrogen) atoms. The minimum Gasteiger partial charge on any atom is -0.390 e. The molecule has 1 heterocycles. The second-order valence-corrected chi connectivity index (χ2v) is 4.47. The third kappa shape index (κ3) is 2.44. The number of benzene rings is 1. The molecule has 0 saturated carbocycles. The summed E-state index contributed by atoms with van der Waals surface area (Å²) in [6.45, 7) is 0. The number of hydrogen-bond donors (Lipinski definition) is 3. The number of halogens is 1. The van der Waals surface area contributed by atoms with Crippen LogP contribution in [0.1, 0.15) is 23.7 Å². The van der Waals surface area contributed by atoms with Crippen LogP contribution < -0.4 is 5.32 Å². The fraction of sp³-hybridized carbons (Fsp3) is 0.417. The van der Waals surface area contributed by atoms with Gasteiger partial charge < -0.3 is 15.5 Å². The summed E-state index contributed by atoms with van der Waals surface area (Å²) in [4.78, 5) is 11.3. The lowest BCUT2D eigenvalue weighted by atomic mass is 9.98. The lowest BCUT2D eigenvalue weighted by Crippen LogP contribution is -2.20. The Bertz CT molecular complexity index is 436. The van der Waals surface area contributed by atoms with Gasteiger partial charge in [-0.15, -0.1) is 11.6 Å². The zero-order valence-electron chi connectivity index (χ0n) is 9.19. The first-order valence-electron chi connectivity index (χ1n) is 5.47. The summed E-state index contributed by atoms with van der Waals surface area (Å²) in [5, 5.41) is 22.4. The van der Waals surface area contributed by atoms with E-state index in [9.17, 15) is 15.0 Å². The molecule has 5 heteroatoms. The van der Waals surface area contributed by atoms with Gasteiger partial charge in [-0.05, 0) is 12.0 Å². The van der Waals surface area contributed by atoms with Crippen molar-refractivity contribution in [2.75, 3.05) is 11.2 Å². The summed E-state index contributed by atoms with van der Waals surface area (Å²) in [5.41, 5.74) is 2.02. The van der Waals surface area contributed by atoms with Crippen molar-refractivity contribution in [2.24, 2.45) is 0 Å². The minimum atomic E-state index is -1.03.